The van der Waals surface area contributed by atoms with Crippen molar-refractivity contribution < 1.29 is 27.9 Å². The highest BCUT2D eigenvalue weighted by atomic mass is 19.4. The monoisotopic (exact) mass is 295 g/mol. The van der Waals surface area contributed by atoms with Crippen molar-refractivity contribution in [1.82, 2.24) is 4.90 Å². The summed E-state index contributed by atoms with van der Waals surface area (Å²) in [5, 5.41) is 9.05. The number of carbonyl (C=O) groups excluding carboxylic acids is 1. The van der Waals surface area contributed by atoms with Gasteiger partial charge in [-0.15, -0.1) is 0 Å². The Morgan fingerprint density at radius 3 is 2.05 bits per heavy atom. The van der Waals surface area contributed by atoms with Crippen LogP contribution in [0.5, 0.6) is 0 Å². The first-order chi connectivity index (χ1) is 9.05. The number of amides is 1. The smallest absolute Gasteiger partial charge is 0.471 e. The van der Waals surface area contributed by atoms with Gasteiger partial charge in [-0.05, 0) is 26.7 Å². The van der Waals surface area contributed by atoms with E-state index < -0.39 is 36.1 Å². The SMILES string of the molecule is CC(C)(CN(C(=O)C(F)(F)F)C1CCCCC1)C(=O)O. The Kier molecular flexibility index (Phi) is 5.05. The molecule has 1 aliphatic carbocycles. The second-order valence-electron chi connectivity index (χ2n) is 5.91. The van der Waals surface area contributed by atoms with Crippen LogP contribution >= 0.6 is 0 Å². The van der Waals surface area contributed by atoms with E-state index in [9.17, 15) is 22.8 Å². The molecule has 1 N–H and O–H groups in total. The Morgan fingerprint density at radius 2 is 1.65 bits per heavy atom. The maximum absolute atomic E-state index is 12.7. The molecule has 1 aliphatic rings. The van der Waals surface area contributed by atoms with Crippen molar-refractivity contribution >= 4 is 11.9 Å². The maximum atomic E-state index is 12.7. The number of carboxylic acids is 1. The Labute approximate surface area is 115 Å². The zero-order chi connectivity index (χ0) is 15.6. The molecule has 1 fully saturated rings. The number of carboxylic acid groups (broad SMARTS) is 1. The van der Waals surface area contributed by atoms with Crippen molar-refractivity contribution in [1.29, 1.82) is 0 Å². The molecule has 0 bridgehead atoms. The van der Waals surface area contributed by atoms with Crippen molar-refractivity contribution in [3.8, 4) is 0 Å². The van der Waals surface area contributed by atoms with Gasteiger partial charge in [0.25, 0.3) is 0 Å². The van der Waals surface area contributed by atoms with Crippen LogP contribution in [0.15, 0.2) is 0 Å². The lowest BCUT2D eigenvalue weighted by atomic mass is 9.89. The first-order valence-electron chi connectivity index (χ1n) is 6.67. The summed E-state index contributed by atoms with van der Waals surface area (Å²) in [5.41, 5.74) is -1.40. The van der Waals surface area contributed by atoms with E-state index in [2.05, 4.69) is 0 Å². The van der Waals surface area contributed by atoms with Crippen molar-refractivity contribution in [2.45, 2.75) is 58.2 Å². The van der Waals surface area contributed by atoms with Crippen LogP contribution in [0, 0.1) is 5.41 Å². The van der Waals surface area contributed by atoms with Crippen molar-refractivity contribution in [3.05, 3.63) is 0 Å². The Morgan fingerprint density at radius 1 is 1.15 bits per heavy atom. The molecule has 1 rings (SSSR count). The van der Waals surface area contributed by atoms with Crippen LogP contribution in [-0.2, 0) is 9.59 Å². The average Bonchev–Trinajstić information content (AvgIpc) is 2.35. The maximum Gasteiger partial charge on any atom is 0.471 e. The van der Waals surface area contributed by atoms with Crippen molar-refractivity contribution in [2.24, 2.45) is 5.41 Å². The molecule has 0 atom stereocenters. The molecule has 0 unspecified atom stereocenters. The van der Waals surface area contributed by atoms with Crippen LogP contribution in [0.2, 0.25) is 0 Å². The Bertz CT molecular complexity index is 374. The Balaban J connectivity index is 2.95. The molecule has 0 aliphatic heterocycles. The van der Waals surface area contributed by atoms with E-state index in [1.165, 1.54) is 13.8 Å². The van der Waals surface area contributed by atoms with Gasteiger partial charge in [0.2, 0.25) is 0 Å². The van der Waals surface area contributed by atoms with E-state index in [4.69, 9.17) is 5.11 Å². The van der Waals surface area contributed by atoms with Crippen molar-refractivity contribution in [2.75, 3.05) is 6.54 Å². The van der Waals surface area contributed by atoms with Gasteiger partial charge in [-0.2, -0.15) is 13.2 Å². The minimum absolute atomic E-state index is 0.425. The molecule has 1 saturated carbocycles. The quantitative estimate of drug-likeness (QED) is 0.867. The first kappa shape index (κ1) is 16.8. The zero-order valence-electron chi connectivity index (χ0n) is 11.7. The molecule has 7 heteroatoms. The molecule has 0 aromatic carbocycles. The van der Waals surface area contributed by atoms with Crippen LogP contribution < -0.4 is 0 Å². The third-order valence-corrected chi connectivity index (χ3v) is 3.66. The van der Waals surface area contributed by atoms with Gasteiger partial charge in [0.15, 0.2) is 0 Å². The van der Waals surface area contributed by atoms with Gasteiger partial charge < -0.3 is 10.0 Å². The van der Waals surface area contributed by atoms with E-state index >= 15 is 0 Å². The number of aliphatic carboxylic acids is 1. The summed E-state index contributed by atoms with van der Waals surface area (Å²) in [6.07, 6.45) is -1.51. The number of alkyl halides is 3. The highest BCUT2D eigenvalue weighted by Crippen LogP contribution is 2.30. The predicted molar refractivity (Wildman–Crippen MR) is 66.1 cm³/mol. The van der Waals surface area contributed by atoms with Gasteiger partial charge in [0.1, 0.15) is 0 Å². The van der Waals surface area contributed by atoms with E-state index in [1.54, 1.807) is 0 Å². The number of rotatable bonds is 4. The van der Waals surface area contributed by atoms with E-state index in [0.29, 0.717) is 17.7 Å². The summed E-state index contributed by atoms with van der Waals surface area (Å²) >= 11 is 0. The minimum Gasteiger partial charge on any atom is -0.481 e. The fraction of sp³-hybridized carbons (Fsp3) is 0.846. The molecule has 116 valence electrons. The lowest BCUT2D eigenvalue weighted by molar-refractivity contribution is -0.190. The molecule has 0 aromatic heterocycles. The fourth-order valence-corrected chi connectivity index (χ4v) is 2.42. The van der Waals surface area contributed by atoms with Crippen LogP contribution in [0.1, 0.15) is 46.0 Å². The molecule has 0 aromatic rings. The van der Waals surface area contributed by atoms with Gasteiger partial charge in [-0.3, -0.25) is 9.59 Å². The molecule has 0 saturated heterocycles. The van der Waals surface area contributed by atoms with Gasteiger partial charge in [0.05, 0.1) is 5.41 Å². The molecule has 0 spiro atoms. The molecule has 0 radical (unpaired) electrons. The average molecular weight is 295 g/mol. The molecule has 1 amide bonds. The third-order valence-electron chi connectivity index (χ3n) is 3.66. The zero-order valence-corrected chi connectivity index (χ0v) is 11.7. The third kappa shape index (κ3) is 4.11. The highest BCUT2D eigenvalue weighted by molar-refractivity contribution is 5.83. The molecular formula is C13H20F3NO3. The molecule has 4 nitrogen and oxygen atoms in total. The van der Waals surface area contributed by atoms with Crippen LogP contribution in [-0.4, -0.2) is 40.6 Å². The summed E-state index contributed by atoms with van der Waals surface area (Å²) in [6, 6.07) is -0.517. The lowest BCUT2D eigenvalue weighted by Gasteiger charge is -2.38. The normalized spacial score (nSPS) is 17.9. The van der Waals surface area contributed by atoms with Gasteiger partial charge in [-0.25, -0.2) is 0 Å². The van der Waals surface area contributed by atoms with Gasteiger partial charge in [0, 0.05) is 12.6 Å². The van der Waals surface area contributed by atoms with E-state index in [-0.39, 0.29) is 0 Å². The van der Waals surface area contributed by atoms with Gasteiger partial charge in [-0.1, -0.05) is 19.3 Å². The van der Waals surface area contributed by atoms with Crippen LogP contribution in [0.3, 0.4) is 0 Å². The fourth-order valence-electron chi connectivity index (χ4n) is 2.42. The molecular weight excluding hydrogens is 275 g/mol. The summed E-state index contributed by atoms with van der Waals surface area (Å²) in [5.74, 6) is -3.15. The summed E-state index contributed by atoms with van der Waals surface area (Å²) in [7, 11) is 0. The summed E-state index contributed by atoms with van der Waals surface area (Å²) in [6.45, 7) is 2.23. The largest absolute Gasteiger partial charge is 0.481 e. The summed E-state index contributed by atoms with van der Waals surface area (Å²) < 4.78 is 38.1. The second kappa shape index (κ2) is 6.01. The number of hydrogen-bond donors (Lipinski definition) is 1. The highest BCUT2D eigenvalue weighted by Gasteiger charge is 2.47. The second-order valence-corrected chi connectivity index (χ2v) is 5.91. The number of nitrogens with zero attached hydrogens (tertiary/aromatic N) is 1. The topological polar surface area (TPSA) is 57.6 Å². The number of carbonyl (C=O) groups is 2. The summed E-state index contributed by atoms with van der Waals surface area (Å²) in [4.78, 5) is 23.4. The van der Waals surface area contributed by atoms with E-state index in [0.717, 1.165) is 19.3 Å². The van der Waals surface area contributed by atoms with E-state index in [1.807, 2.05) is 0 Å². The molecule has 20 heavy (non-hydrogen) atoms. The van der Waals surface area contributed by atoms with Crippen LogP contribution in [0.25, 0.3) is 0 Å². The lowest BCUT2D eigenvalue weighted by Crippen LogP contribution is -2.52. The Hall–Kier alpha value is -1.27. The van der Waals surface area contributed by atoms with Crippen molar-refractivity contribution in [3.63, 3.8) is 0 Å². The standard InChI is InChI=1S/C13H20F3NO3/c1-12(2,11(19)20)8-17(10(18)13(14,15)16)9-6-4-3-5-7-9/h9H,3-8H2,1-2H3,(H,19,20). The predicted octanol–water partition coefficient (Wildman–Crippen LogP) is 2.82. The van der Waals surface area contributed by atoms with Gasteiger partial charge >= 0.3 is 18.1 Å². The minimum atomic E-state index is -4.97. The van der Waals surface area contributed by atoms with Crippen LogP contribution in [0.4, 0.5) is 13.2 Å². The number of halogens is 3. The molecule has 0 heterocycles. The number of hydrogen-bond acceptors (Lipinski definition) is 2. The first-order valence-corrected chi connectivity index (χ1v) is 6.67.